The van der Waals surface area contributed by atoms with E-state index < -0.39 is 11.8 Å². The zero-order chi connectivity index (χ0) is 18.0. The first kappa shape index (κ1) is 18.1. The molecule has 1 aromatic rings. The van der Waals surface area contributed by atoms with Gasteiger partial charge in [0.2, 0.25) is 0 Å². The molecule has 1 amide bonds. The molecule has 2 saturated heterocycles. The van der Waals surface area contributed by atoms with E-state index >= 15 is 0 Å². The Kier molecular flexibility index (Phi) is 5.59. The molecular weight excluding hydrogens is 347 g/mol. The number of amides is 1. The molecule has 2 aliphatic heterocycles. The third-order valence-corrected chi connectivity index (χ3v) is 5.53. The third-order valence-electron chi connectivity index (χ3n) is 5.24. The second kappa shape index (κ2) is 7.70. The average molecular weight is 369 g/mol. The molecule has 0 aliphatic carbocycles. The van der Waals surface area contributed by atoms with E-state index in [4.69, 9.17) is 11.6 Å². The van der Waals surface area contributed by atoms with E-state index in [9.17, 15) is 19.1 Å². The van der Waals surface area contributed by atoms with Gasteiger partial charge in [-0.25, -0.2) is 4.39 Å². The van der Waals surface area contributed by atoms with Crippen LogP contribution in [0.1, 0.15) is 36.0 Å². The van der Waals surface area contributed by atoms with Crippen LogP contribution in [0.2, 0.25) is 5.02 Å². The van der Waals surface area contributed by atoms with Crippen LogP contribution in [0.5, 0.6) is 0 Å². The van der Waals surface area contributed by atoms with Crippen LogP contribution >= 0.6 is 11.6 Å². The van der Waals surface area contributed by atoms with Gasteiger partial charge in [-0.05, 0) is 50.4 Å². The fourth-order valence-electron chi connectivity index (χ4n) is 3.79. The highest BCUT2D eigenvalue weighted by atomic mass is 35.5. The smallest absolute Gasteiger partial charge is 0.307 e. The number of carboxylic acid groups (broad SMARTS) is 1. The molecule has 7 heteroatoms. The van der Waals surface area contributed by atoms with Gasteiger partial charge in [-0.2, -0.15) is 0 Å². The second-order valence-corrected chi connectivity index (χ2v) is 7.23. The predicted octanol–water partition coefficient (Wildman–Crippen LogP) is 2.88. The van der Waals surface area contributed by atoms with E-state index in [1.807, 2.05) is 0 Å². The van der Waals surface area contributed by atoms with E-state index in [0.717, 1.165) is 32.2 Å². The number of hydrogen-bond acceptors (Lipinski definition) is 3. The lowest BCUT2D eigenvalue weighted by atomic mass is 9.94. The average Bonchev–Trinajstić information content (AvgIpc) is 2.63. The molecule has 25 heavy (non-hydrogen) atoms. The number of carboxylic acids is 1. The van der Waals surface area contributed by atoms with Crippen LogP contribution in [0.4, 0.5) is 4.39 Å². The van der Waals surface area contributed by atoms with Crippen molar-refractivity contribution in [2.75, 3.05) is 26.2 Å². The van der Waals surface area contributed by atoms with Gasteiger partial charge in [-0.3, -0.25) is 14.5 Å². The van der Waals surface area contributed by atoms with Gasteiger partial charge in [0.15, 0.2) is 0 Å². The van der Waals surface area contributed by atoms with E-state index in [1.54, 1.807) is 4.90 Å². The van der Waals surface area contributed by atoms with Gasteiger partial charge < -0.3 is 10.0 Å². The molecule has 0 bridgehead atoms. The van der Waals surface area contributed by atoms with E-state index in [0.29, 0.717) is 31.2 Å². The van der Waals surface area contributed by atoms with Crippen molar-refractivity contribution in [1.82, 2.24) is 9.80 Å². The first-order chi connectivity index (χ1) is 12.0. The summed E-state index contributed by atoms with van der Waals surface area (Å²) >= 11 is 5.76. The summed E-state index contributed by atoms with van der Waals surface area (Å²) in [6, 6.07) is 4.36. The predicted molar refractivity (Wildman–Crippen MR) is 92.3 cm³/mol. The highest BCUT2D eigenvalue weighted by molar-refractivity contribution is 6.31. The largest absolute Gasteiger partial charge is 0.481 e. The highest BCUT2D eigenvalue weighted by Gasteiger charge is 2.32. The van der Waals surface area contributed by atoms with Crippen LogP contribution in [-0.2, 0) is 4.79 Å². The van der Waals surface area contributed by atoms with Gasteiger partial charge in [-0.1, -0.05) is 11.6 Å². The zero-order valence-electron chi connectivity index (χ0n) is 14.0. The molecule has 0 unspecified atom stereocenters. The van der Waals surface area contributed by atoms with E-state index in [-0.39, 0.29) is 16.8 Å². The van der Waals surface area contributed by atoms with Crippen LogP contribution < -0.4 is 0 Å². The number of hydrogen-bond donors (Lipinski definition) is 1. The van der Waals surface area contributed by atoms with Crippen molar-refractivity contribution in [2.45, 2.75) is 31.7 Å². The fourth-order valence-corrected chi connectivity index (χ4v) is 3.97. The second-order valence-electron chi connectivity index (χ2n) is 6.82. The topological polar surface area (TPSA) is 60.9 Å². The van der Waals surface area contributed by atoms with E-state index in [2.05, 4.69) is 4.90 Å². The van der Waals surface area contributed by atoms with Crippen LogP contribution in [0.3, 0.4) is 0 Å². The summed E-state index contributed by atoms with van der Waals surface area (Å²) in [7, 11) is 0. The maximum atomic E-state index is 13.2. The molecular formula is C18H22ClFN2O3. The number of rotatable bonds is 3. The molecule has 3 rings (SSSR count). The quantitative estimate of drug-likeness (QED) is 0.891. The molecule has 1 atom stereocenters. The van der Waals surface area contributed by atoms with Gasteiger partial charge in [-0.15, -0.1) is 0 Å². The maximum Gasteiger partial charge on any atom is 0.307 e. The summed E-state index contributed by atoms with van der Waals surface area (Å²) in [5.41, 5.74) is 0.397. The van der Waals surface area contributed by atoms with Crippen molar-refractivity contribution in [3.8, 4) is 0 Å². The number of carbonyl (C=O) groups excluding carboxylic acids is 1. The molecule has 2 aliphatic rings. The molecule has 136 valence electrons. The van der Waals surface area contributed by atoms with Gasteiger partial charge in [0.1, 0.15) is 5.82 Å². The van der Waals surface area contributed by atoms with Crippen molar-refractivity contribution in [3.05, 3.63) is 34.6 Å². The molecule has 1 N–H and O–H groups in total. The lowest BCUT2D eigenvalue weighted by Gasteiger charge is -2.41. The number of piperidine rings is 2. The Bertz CT molecular complexity index is 662. The van der Waals surface area contributed by atoms with Crippen molar-refractivity contribution in [1.29, 1.82) is 0 Å². The Balaban J connectivity index is 1.57. The van der Waals surface area contributed by atoms with Gasteiger partial charge in [0.25, 0.3) is 5.91 Å². The summed E-state index contributed by atoms with van der Waals surface area (Å²) in [4.78, 5) is 27.8. The minimum Gasteiger partial charge on any atom is -0.481 e. The minimum atomic E-state index is -0.717. The number of benzene rings is 1. The lowest BCUT2D eigenvalue weighted by molar-refractivity contribution is -0.144. The van der Waals surface area contributed by atoms with Crippen molar-refractivity contribution in [3.63, 3.8) is 0 Å². The number of nitrogens with zero attached hydrogens (tertiary/aromatic N) is 2. The van der Waals surface area contributed by atoms with Gasteiger partial charge in [0.05, 0.1) is 10.9 Å². The minimum absolute atomic E-state index is 0.0474. The lowest BCUT2D eigenvalue weighted by Crippen LogP contribution is -2.50. The summed E-state index contributed by atoms with van der Waals surface area (Å²) in [6.07, 6.45) is 3.30. The Morgan fingerprint density at radius 2 is 1.88 bits per heavy atom. The van der Waals surface area contributed by atoms with Crippen molar-refractivity contribution in [2.24, 2.45) is 5.92 Å². The Labute approximate surface area is 151 Å². The SMILES string of the molecule is O=C(O)[C@@H]1CCCN(C2CCN(C(=O)c3ccc(F)c(Cl)c3)CC2)C1. The summed E-state index contributed by atoms with van der Waals surface area (Å²) in [5.74, 6) is -1.67. The number of likely N-dealkylation sites (tertiary alicyclic amines) is 2. The highest BCUT2D eigenvalue weighted by Crippen LogP contribution is 2.25. The summed E-state index contributed by atoms with van der Waals surface area (Å²) in [5, 5.41) is 9.17. The van der Waals surface area contributed by atoms with Crippen LogP contribution in [0.25, 0.3) is 0 Å². The third kappa shape index (κ3) is 4.12. The fraction of sp³-hybridized carbons (Fsp3) is 0.556. The molecule has 2 fully saturated rings. The van der Waals surface area contributed by atoms with Gasteiger partial charge >= 0.3 is 5.97 Å². The van der Waals surface area contributed by atoms with Crippen LogP contribution in [-0.4, -0.2) is 59.0 Å². The number of carbonyl (C=O) groups is 2. The summed E-state index contributed by atoms with van der Waals surface area (Å²) in [6.45, 7) is 2.76. The molecule has 0 aromatic heterocycles. The molecule has 2 heterocycles. The maximum absolute atomic E-state index is 13.2. The first-order valence-corrected chi connectivity index (χ1v) is 9.04. The Morgan fingerprint density at radius 1 is 1.16 bits per heavy atom. The summed E-state index contributed by atoms with van der Waals surface area (Å²) < 4.78 is 13.2. The van der Waals surface area contributed by atoms with Crippen LogP contribution in [0, 0.1) is 11.7 Å². The standard InChI is InChI=1S/C18H22ClFN2O3/c19-15-10-12(3-4-16(15)20)17(23)21-8-5-14(6-9-21)22-7-1-2-13(11-22)18(24)25/h3-4,10,13-14H,1-2,5-9,11H2,(H,24,25)/t13-/m1/s1. The van der Waals surface area contributed by atoms with Crippen molar-refractivity contribution < 1.29 is 19.1 Å². The van der Waals surface area contributed by atoms with Gasteiger partial charge in [0, 0.05) is 31.2 Å². The van der Waals surface area contributed by atoms with Crippen molar-refractivity contribution >= 4 is 23.5 Å². The molecule has 5 nitrogen and oxygen atoms in total. The monoisotopic (exact) mass is 368 g/mol. The molecule has 0 spiro atoms. The number of aliphatic carboxylic acids is 1. The Morgan fingerprint density at radius 3 is 2.52 bits per heavy atom. The first-order valence-electron chi connectivity index (χ1n) is 8.67. The number of halogens is 2. The zero-order valence-corrected chi connectivity index (χ0v) is 14.7. The normalized spacial score (nSPS) is 22.8. The molecule has 0 saturated carbocycles. The molecule has 0 radical (unpaired) electrons. The van der Waals surface area contributed by atoms with E-state index in [1.165, 1.54) is 18.2 Å². The molecule has 1 aromatic carbocycles. The Hall–Kier alpha value is -1.66. The van der Waals surface area contributed by atoms with Crippen LogP contribution in [0.15, 0.2) is 18.2 Å².